The molecule has 0 aromatic heterocycles. The summed E-state index contributed by atoms with van der Waals surface area (Å²) in [6.45, 7) is 4.83. The molecule has 102 valence electrons. The molecule has 6 heteroatoms. The van der Waals surface area contributed by atoms with E-state index in [0.29, 0.717) is 19.6 Å². The van der Waals surface area contributed by atoms with E-state index in [9.17, 15) is 8.42 Å². The molecule has 1 aromatic carbocycles. The Morgan fingerprint density at radius 1 is 1.39 bits per heavy atom. The summed E-state index contributed by atoms with van der Waals surface area (Å²) in [5, 5.41) is 0. The fourth-order valence-corrected chi connectivity index (χ4v) is 2.99. The lowest BCUT2D eigenvalue weighted by molar-refractivity contribution is 0.0778. The van der Waals surface area contributed by atoms with Crippen LogP contribution in [-0.2, 0) is 14.8 Å². The van der Waals surface area contributed by atoms with Gasteiger partial charge in [0.05, 0.1) is 11.0 Å². The number of halogens is 1. The van der Waals surface area contributed by atoms with Gasteiger partial charge in [-0.2, -0.15) is 0 Å². The second kappa shape index (κ2) is 7.23. The largest absolute Gasteiger partial charge is 0.379 e. The zero-order valence-electron chi connectivity index (χ0n) is 10.5. The average molecular weight is 336 g/mol. The fraction of sp³-hybridized carbons (Fsp3) is 0.500. The third-order valence-corrected chi connectivity index (χ3v) is 4.12. The van der Waals surface area contributed by atoms with Crippen molar-refractivity contribution in [2.45, 2.75) is 31.3 Å². The number of benzene rings is 1. The van der Waals surface area contributed by atoms with Crippen molar-refractivity contribution in [2.75, 3.05) is 13.2 Å². The van der Waals surface area contributed by atoms with Gasteiger partial charge in [0.1, 0.15) is 0 Å². The predicted molar refractivity (Wildman–Crippen MR) is 75.0 cm³/mol. The van der Waals surface area contributed by atoms with E-state index in [1.165, 1.54) is 0 Å². The number of hydrogen-bond acceptors (Lipinski definition) is 3. The van der Waals surface area contributed by atoms with Gasteiger partial charge in [-0.3, -0.25) is 0 Å². The van der Waals surface area contributed by atoms with E-state index in [1.54, 1.807) is 24.3 Å². The monoisotopic (exact) mass is 335 g/mol. The molecule has 0 aliphatic rings. The summed E-state index contributed by atoms with van der Waals surface area (Å²) in [5.41, 5.74) is 0. The Balaban J connectivity index is 2.46. The van der Waals surface area contributed by atoms with Gasteiger partial charge in [0.25, 0.3) is 0 Å². The fourth-order valence-electron chi connectivity index (χ4n) is 1.32. The molecule has 0 unspecified atom stereocenters. The van der Waals surface area contributed by atoms with Gasteiger partial charge in [-0.1, -0.05) is 22.0 Å². The van der Waals surface area contributed by atoms with Crippen molar-refractivity contribution in [3.63, 3.8) is 0 Å². The van der Waals surface area contributed by atoms with Gasteiger partial charge in [-0.15, -0.1) is 0 Å². The van der Waals surface area contributed by atoms with E-state index in [2.05, 4.69) is 20.7 Å². The summed E-state index contributed by atoms with van der Waals surface area (Å²) in [6, 6.07) is 6.63. The Bertz CT molecular complexity index is 474. The Hall–Kier alpha value is -0.430. The van der Waals surface area contributed by atoms with Crippen LogP contribution >= 0.6 is 15.9 Å². The Morgan fingerprint density at radius 2 is 2.11 bits per heavy atom. The molecule has 1 N–H and O–H groups in total. The van der Waals surface area contributed by atoms with Crippen molar-refractivity contribution in [3.05, 3.63) is 28.7 Å². The van der Waals surface area contributed by atoms with Crippen LogP contribution in [0.3, 0.4) is 0 Å². The lowest BCUT2D eigenvalue weighted by atomic mass is 10.4. The lowest BCUT2D eigenvalue weighted by Gasteiger charge is -2.09. The molecule has 1 aromatic rings. The summed E-state index contributed by atoms with van der Waals surface area (Å²) in [7, 11) is -3.42. The van der Waals surface area contributed by atoms with Crippen LogP contribution in [0.5, 0.6) is 0 Å². The Kier molecular flexibility index (Phi) is 6.28. The second-order valence-corrected chi connectivity index (χ2v) is 6.81. The first-order valence-corrected chi connectivity index (χ1v) is 8.06. The van der Waals surface area contributed by atoms with Crippen molar-refractivity contribution >= 4 is 26.0 Å². The minimum atomic E-state index is -3.42. The smallest absolute Gasteiger partial charge is 0.240 e. The minimum absolute atomic E-state index is 0.173. The maximum Gasteiger partial charge on any atom is 0.240 e. The van der Waals surface area contributed by atoms with Crippen molar-refractivity contribution in [3.8, 4) is 0 Å². The quantitative estimate of drug-likeness (QED) is 0.779. The number of nitrogens with one attached hydrogen (secondary N) is 1. The van der Waals surface area contributed by atoms with Crippen molar-refractivity contribution < 1.29 is 13.2 Å². The number of rotatable bonds is 7. The molecular formula is C12H18BrNO3S. The molecule has 18 heavy (non-hydrogen) atoms. The molecule has 0 atom stereocenters. The zero-order valence-corrected chi connectivity index (χ0v) is 12.9. The molecule has 0 heterocycles. The average Bonchev–Trinajstić information content (AvgIpc) is 2.28. The van der Waals surface area contributed by atoms with Crippen molar-refractivity contribution in [1.82, 2.24) is 4.72 Å². The highest BCUT2D eigenvalue weighted by molar-refractivity contribution is 9.10. The summed E-state index contributed by atoms with van der Waals surface area (Å²) in [4.78, 5) is 0.265. The number of sulfonamides is 1. The van der Waals surface area contributed by atoms with E-state index in [1.807, 2.05) is 13.8 Å². The van der Waals surface area contributed by atoms with Crippen LogP contribution in [0.2, 0.25) is 0 Å². The van der Waals surface area contributed by atoms with Gasteiger partial charge < -0.3 is 4.74 Å². The molecule has 0 radical (unpaired) electrons. The molecule has 0 saturated heterocycles. The predicted octanol–water partition coefficient (Wildman–Crippen LogP) is 2.54. The molecule has 0 saturated carbocycles. The molecule has 0 aliphatic heterocycles. The first kappa shape index (κ1) is 15.6. The normalized spacial score (nSPS) is 12.0. The van der Waals surface area contributed by atoms with Crippen LogP contribution in [0, 0.1) is 0 Å². The van der Waals surface area contributed by atoms with Crippen LogP contribution in [0.25, 0.3) is 0 Å². The summed E-state index contributed by atoms with van der Waals surface area (Å²) >= 11 is 3.25. The SMILES string of the molecule is CC(C)OCCCNS(=O)(=O)c1cccc(Br)c1. The molecule has 0 spiro atoms. The standard InChI is InChI=1S/C12H18BrNO3S/c1-10(2)17-8-4-7-14-18(15,16)12-6-3-5-11(13)9-12/h3,5-6,9-10,14H,4,7-8H2,1-2H3. The maximum atomic E-state index is 11.9. The highest BCUT2D eigenvalue weighted by Gasteiger charge is 2.12. The molecular weight excluding hydrogens is 318 g/mol. The van der Waals surface area contributed by atoms with Gasteiger partial charge in [0.15, 0.2) is 0 Å². The van der Waals surface area contributed by atoms with E-state index in [4.69, 9.17) is 4.74 Å². The maximum absolute atomic E-state index is 11.9. The number of hydrogen-bond donors (Lipinski definition) is 1. The highest BCUT2D eigenvalue weighted by atomic mass is 79.9. The summed E-state index contributed by atoms with van der Waals surface area (Å²) in [5.74, 6) is 0. The third-order valence-electron chi connectivity index (χ3n) is 2.17. The second-order valence-electron chi connectivity index (χ2n) is 4.13. The van der Waals surface area contributed by atoms with Crippen LogP contribution < -0.4 is 4.72 Å². The first-order chi connectivity index (χ1) is 8.42. The molecule has 1 rings (SSSR count). The topological polar surface area (TPSA) is 55.4 Å². The van der Waals surface area contributed by atoms with Gasteiger partial charge in [0.2, 0.25) is 10.0 Å². The molecule has 0 aliphatic carbocycles. The Labute approximate surface area is 117 Å². The van der Waals surface area contributed by atoms with Crippen LogP contribution in [-0.4, -0.2) is 27.7 Å². The van der Waals surface area contributed by atoms with Crippen LogP contribution in [0.4, 0.5) is 0 Å². The van der Waals surface area contributed by atoms with Gasteiger partial charge in [-0.25, -0.2) is 13.1 Å². The summed E-state index contributed by atoms with van der Waals surface area (Å²) in [6.07, 6.45) is 0.831. The van der Waals surface area contributed by atoms with E-state index >= 15 is 0 Å². The van der Waals surface area contributed by atoms with E-state index in [-0.39, 0.29) is 11.0 Å². The lowest BCUT2D eigenvalue weighted by Crippen LogP contribution is -2.25. The third kappa shape index (κ3) is 5.48. The zero-order chi connectivity index (χ0) is 13.6. The first-order valence-electron chi connectivity index (χ1n) is 5.78. The van der Waals surface area contributed by atoms with Crippen LogP contribution in [0.1, 0.15) is 20.3 Å². The van der Waals surface area contributed by atoms with Crippen LogP contribution in [0.15, 0.2) is 33.6 Å². The highest BCUT2D eigenvalue weighted by Crippen LogP contribution is 2.15. The number of ether oxygens (including phenoxy) is 1. The molecule has 0 bridgehead atoms. The van der Waals surface area contributed by atoms with Gasteiger partial charge in [-0.05, 0) is 38.5 Å². The van der Waals surface area contributed by atoms with E-state index in [0.717, 1.165) is 4.47 Å². The minimum Gasteiger partial charge on any atom is -0.379 e. The Morgan fingerprint density at radius 3 is 2.72 bits per heavy atom. The van der Waals surface area contributed by atoms with Crippen molar-refractivity contribution in [2.24, 2.45) is 0 Å². The van der Waals surface area contributed by atoms with E-state index < -0.39 is 10.0 Å². The van der Waals surface area contributed by atoms with Gasteiger partial charge >= 0.3 is 0 Å². The molecule has 4 nitrogen and oxygen atoms in total. The van der Waals surface area contributed by atoms with Crippen molar-refractivity contribution in [1.29, 1.82) is 0 Å². The molecule has 0 fully saturated rings. The van der Waals surface area contributed by atoms with Gasteiger partial charge in [0, 0.05) is 17.6 Å². The summed E-state index contributed by atoms with van der Waals surface area (Å²) < 4.78 is 32.4. The molecule has 0 amide bonds.